The molecule has 0 aliphatic carbocycles. The topological polar surface area (TPSA) is 83.4 Å². The van der Waals surface area contributed by atoms with E-state index < -0.39 is 6.04 Å². The molecule has 26 heavy (non-hydrogen) atoms. The molecule has 2 heterocycles. The Morgan fingerprint density at radius 1 is 1.19 bits per heavy atom. The highest BCUT2D eigenvalue weighted by Crippen LogP contribution is 2.17. The minimum atomic E-state index is -0.617. The number of amides is 2. The van der Waals surface area contributed by atoms with Crippen LogP contribution in [0.4, 0.5) is 0 Å². The van der Waals surface area contributed by atoms with Crippen LogP contribution in [0.3, 0.4) is 0 Å². The van der Waals surface area contributed by atoms with Gasteiger partial charge in [0.05, 0.1) is 6.26 Å². The lowest BCUT2D eigenvalue weighted by molar-refractivity contribution is -0.124. The number of carbonyl (C=O) groups excluding carboxylic acids is 2. The molecule has 0 fully saturated rings. The van der Waals surface area contributed by atoms with E-state index in [4.69, 9.17) is 4.42 Å². The van der Waals surface area contributed by atoms with E-state index in [1.165, 1.54) is 17.4 Å². The van der Waals surface area contributed by atoms with Gasteiger partial charge in [-0.3, -0.25) is 9.59 Å². The molecule has 0 radical (unpaired) electrons. The van der Waals surface area contributed by atoms with Crippen molar-refractivity contribution in [2.45, 2.75) is 39.5 Å². The van der Waals surface area contributed by atoms with Crippen LogP contribution >= 0.6 is 12.4 Å². The van der Waals surface area contributed by atoms with E-state index in [2.05, 4.69) is 28.1 Å². The second-order valence-electron chi connectivity index (χ2n) is 6.60. The molecule has 0 bridgehead atoms. The van der Waals surface area contributed by atoms with Crippen molar-refractivity contribution in [3.8, 4) is 0 Å². The molecule has 0 saturated carbocycles. The van der Waals surface area contributed by atoms with Crippen LogP contribution in [-0.4, -0.2) is 17.9 Å². The molecule has 1 unspecified atom stereocenters. The third-order valence-electron chi connectivity index (χ3n) is 4.35. The van der Waals surface area contributed by atoms with Crippen molar-refractivity contribution >= 4 is 24.2 Å². The second kappa shape index (κ2) is 8.87. The molecule has 7 heteroatoms. The zero-order chi connectivity index (χ0) is 17.8. The molecule has 2 aromatic rings. The predicted molar refractivity (Wildman–Crippen MR) is 101 cm³/mol. The zero-order valence-electron chi connectivity index (χ0n) is 14.9. The third kappa shape index (κ3) is 4.65. The van der Waals surface area contributed by atoms with Crippen LogP contribution in [0, 0.1) is 5.92 Å². The van der Waals surface area contributed by atoms with Crippen molar-refractivity contribution in [2.75, 3.05) is 0 Å². The summed E-state index contributed by atoms with van der Waals surface area (Å²) in [7, 11) is 0. The van der Waals surface area contributed by atoms with Crippen LogP contribution in [-0.2, 0) is 24.4 Å². The van der Waals surface area contributed by atoms with Gasteiger partial charge in [-0.1, -0.05) is 32.0 Å². The van der Waals surface area contributed by atoms with Crippen molar-refractivity contribution in [2.24, 2.45) is 5.92 Å². The van der Waals surface area contributed by atoms with Crippen molar-refractivity contribution in [1.29, 1.82) is 0 Å². The van der Waals surface area contributed by atoms with Crippen molar-refractivity contribution in [1.82, 2.24) is 16.0 Å². The SMILES string of the molecule is CC(C)C(NC(=O)c1ccco1)C(=O)NCc1ccc2c(c1)CNC2.Cl. The van der Waals surface area contributed by atoms with Crippen molar-refractivity contribution < 1.29 is 14.0 Å². The van der Waals surface area contributed by atoms with Gasteiger partial charge in [-0.25, -0.2) is 0 Å². The highest BCUT2D eigenvalue weighted by molar-refractivity contribution is 5.95. The molecule has 1 aliphatic rings. The lowest BCUT2D eigenvalue weighted by Crippen LogP contribution is -2.49. The Labute approximate surface area is 159 Å². The first-order valence-corrected chi connectivity index (χ1v) is 8.48. The Morgan fingerprint density at radius 2 is 1.96 bits per heavy atom. The molecule has 3 rings (SSSR count). The molecule has 140 valence electrons. The predicted octanol–water partition coefficient (Wildman–Crippen LogP) is 2.38. The quantitative estimate of drug-likeness (QED) is 0.721. The summed E-state index contributed by atoms with van der Waals surface area (Å²) in [5.41, 5.74) is 3.63. The van der Waals surface area contributed by atoms with Gasteiger partial charge in [0.2, 0.25) is 5.91 Å². The molecule has 2 amide bonds. The minimum Gasteiger partial charge on any atom is -0.459 e. The number of hydrogen-bond acceptors (Lipinski definition) is 4. The van der Waals surface area contributed by atoms with Crippen molar-refractivity contribution in [3.63, 3.8) is 0 Å². The van der Waals surface area contributed by atoms with Gasteiger partial charge in [-0.05, 0) is 34.7 Å². The molecule has 1 atom stereocenters. The summed E-state index contributed by atoms with van der Waals surface area (Å²) in [6.07, 6.45) is 1.43. The van der Waals surface area contributed by atoms with Gasteiger partial charge in [0.25, 0.3) is 5.91 Å². The summed E-state index contributed by atoms with van der Waals surface area (Å²) in [6.45, 7) is 5.99. The fraction of sp³-hybridized carbons (Fsp3) is 0.368. The Hall–Kier alpha value is -2.31. The number of benzene rings is 1. The zero-order valence-corrected chi connectivity index (χ0v) is 15.7. The summed E-state index contributed by atoms with van der Waals surface area (Å²) < 4.78 is 5.08. The van der Waals surface area contributed by atoms with Crippen LogP contribution in [0.15, 0.2) is 41.0 Å². The maximum absolute atomic E-state index is 12.5. The standard InChI is InChI=1S/C19H23N3O3.ClH/c1-12(2)17(22-18(23)16-4-3-7-25-16)19(24)21-9-13-5-6-14-10-20-11-15(14)8-13;/h3-8,12,17,20H,9-11H2,1-2H3,(H,21,24)(H,22,23);1H. The Bertz CT molecular complexity index is 759. The van der Waals surface area contributed by atoms with Crippen LogP contribution in [0.5, 0.6) is 0 Å². The first-order chi connectivity index (χ1) is 12.0. The van der Waals surface area contributed by atoms with E-state index in [1.54, 1.807) is 12.1 Å². The fourth-order valence-electron chi connectivity index (χ4n) is 2.91. The minimum absolute atomic E-state index is 0. The van der Waals surface area contributed by atoms with Crippen LogP contribution in [0.1, 0.15) is 41.1 Å². The number of halogens is 1. The molecule has 1 aromatic carbocycles. The van der Waals surface area contributed by atoms with Crippen molar-refractivity contribution in [3.05, 3.63) is 59.0 Å². The van der Waals surface area contributed by atoms with Gasteiger partial charge in [-0.15, -0.1) is 12.4 Å². The number of hydrogen-bond donors (Lipinski definition) is 3. The van der Waals surface area contributed by atoms with E-state index in [0.29, 0.717) is 6.54 Å². The maximum atomic E-state index is 12.5. The first-order valence-electron chi connectivity index (χ1n) is 8.48. The average Bonchev–Trinajstić information content (AvgIpc) is 3.27. The van der Waals surface area contributed by atoms with E-state index in [1.807, 2.05) is 19.9 Å². The molecule has 0 saturated heterocycles. The van der Waals surface area contributed by atoms with Gasteiger partial charge in [0, 0.05) is 19.6 Å². The number of rotatable bonds is 6. The van der Waals surface area contributed by atoms with Crippen LogP contribution in [0.25, 0.3) is 0 Å². The molecular weight excluding hydrogens is 354 g/mol. The van der Waals surface area contributed by atoms with E-state index in [9.17, 15) is 9.59 Å². The lowest BCUT2D eigenvalue weighted by atomic mass is 10.0. The van der Waals surface area contributed by atoms with Gasteiger partial charge >= 0.3 is 0 Å². The molecule has 1 aromatic heterocycles. The Kier molecular flexibility index (Phi) is 6.83. The monoisotopic (exact) mass is 377 g/mol. The lowest BCUT2D eigenvalue weighted by Gasteiger charge is -2.21. The second-order valence-corrected chi connectivity index (χ2v) is 6.60. The Balaban J connectivity index is 0.00000243. The van der Waals surface area contributed by atoms with E-state index in [0.717, 1.165) is 18.7 Å². The Morgan fingerprint density at radius 3 is 2.65 bits per heavy atom. The number of nitrogens with one attached hydrogen (secondary N) is 3. The third-order valence-corrected chi connectivity index (χ3v) is 4.35. The number of furan rings is 1. The highest BCUT2D eigenvalue weighted by Gasteiger charge is 2.25. The summed E-state index contributed by atoms with van der Waals surface area (Å²) >= 11 is 0. The molecule has 1 aliphatic heterocycles. The average molecular weight is 378 g/mol. The maximum Gasteiger partial charge on any atom is 0.287 e. The van der Waals surface area contributed by atoms with Gasteiger partial charge in [0.15, 0.2) is 5.76 Å². The van der Waals surface area contributed by atoms with Gasteiger partial charge in [-0.2, -0.15) is 0 Å². The van der Waals surface area contributed by atoms with Crippen LogP contribution < -0.4 is 16.0 Å². The first kappa shape index (κ1) is 20.0. The summed E-state index contributed by atoms with van der Waals surface area (Å²) in [4.78, 5) is 24.7. The number of fused-ring (bicyclic) bond motifs is 1. The summed E-state index contributed by atoms with van der Waals surface area (Å²) in [6, 6.07) is 8.83. The normalized spacial score (nSPS) is 13.7. The molecule has 6 nitrogen and oxygen atoms in total. The highest BCUT2D eigenvalue weighted by atomic mass is 35.5. The van der Waals surface area contributed by atoms with E-state index in [-0.39, 0.29) is 35.9 Å². The number of carbonyl (C=O) groups is 2. The molecule has 0 spiro atoms. The molecular formula is C19H24ClN3O3. The van der Waals surface area contributed by atoms with E-state index >= 15 is 0 Å². The van der Waals surface area contributed by atoms with Gasteiger partial charge in [0.1, 0.15) is 6.04 Å². The smallest absolute Gasteiger partial charge is 0.287 e. The summed E-state index contributed by atoms with van der Waals surface area (Å²) in [5.74, 6) is -0.427. The van der Waals surface area contributed by atoms with Gasteiger partial charge < -0.3 is 20.4 Å². The fourth-order valence-corrected chi connectivity index (χ4v) is 2.91. The van der Waals surface area contributed by atoms with Crippen LogP contribution in [0.2, 0.25) is 0 Å². The summed E-state index contributed by atoms with van der Waals surface area (Å²) in [5, 5.41) is 8.96. The largest absolute Gasteiger partial charge is 0.459 e. The molecule has 3 N–H and O–H groups in total.